The molecule has 88 valence electrons. The lowest BCUT2D eigenvalue weighted by atomic mass is 10.2. The van der Waals surface area contributed by atoms with Crippen LogP contribution in [0.4, 0.5) is 0 Å². The molecule has 0 saturated carbocycles. The van der Waals surface area contributed by atoms with Gasteiger partial charge in [-0.2, -0.15) is 0 Å². The number of rotatable bonds is 6. The number of ether oxygens (including phenoxy) is 1. The van der Waals surface area contributed by atoms with E-state index in [1.165, 1.54) is 18.5 Å². The van der Waals surface area contributed by atoms with Crippen LogP contribution in [0.15, 0.2) is 23.3 Å². The molecule has 1 aromatic heterocycles. The zero-order valence-electron chi connectivity index (χ0n) is 9.29. The SMILES string of the molecule is CCOCCCNC(=O)c1c[nH]ccc1=O. The molecule has 0 aliphatic heterocycles. The van der Waals surface area contributed by atoms with Crippen LogP contribution in [0.3, 0.4) is 0 Å². The van der Waals surface area contributed by atoms with E-state index in [9.17, 15) is 9.59 Å². The molecule has 1 heterocycles. The van der Waals surface area contributed by atoms with Crippen LogP contribution in [0, 0.1) is 0 Å². The number of carbonyl (C=O) groups is 1. The number of hydrogen-bond acceptors (Lipinski definition) is 3. The Labute approximate surface area is 93.8 Å². The number of aromatic nitrogens is 1. The lowest BCUT2D eigenvalue weighted by Crippen LogP contribution is -2.29. The molecular formula is C11H16N2O3. The van der Waals surface area contributed by atoms with Gasteiger partial charge in [0.1, 0.15) is 5.56 Å². The van der Waals surface area contributed by atoms with Crippen molar-refractivity contribution in [2.75, 3.05) is 19.8 Å². The highest BCUT2D eigenvalue weighted by Gasteiger charge is 2.07. The third-order valence-electron chi connectivity index (χ3n) is 2.02. The molecule has 2 N–H and O–H groups in total. The Morgan fingerprint density at radius 2 is 2.38 bits per heavy atom. The predicted molar refractivity (Wildman–Crippen MR) is 60.5 cm³/mol. The minimum Gasteiger partial charge on any atom is -0.382 e. The second kappa shape index (κ2) is 6.79. The molecular weight excluding hydrogens is 208 g/mol. The fourth-order valence-electron chi connectivity index (χ4n) is 1.21. The number of hydrogen-bond donors (Lipinski definition) is 2. The molecule has 0 unspecified atom stereocenters. The monoisotopic (exact) mass is 224 g/mol. The van der Waals surface area contributed by atoms with Gasteiger partial charge in [0.2, 0.25) is 0 Å². The first-order valence-electron chi connectivity index (χ1n) is 5.28. The number of H-pyrrole nitrogens is 1. The lowest BCUT2D eigenvalue weighted by molar-refractivity contribution is 0.0943. The van der Waals surface area contributed by atoms with Crippen LogP contribution in [0.5, 0.6) is 0 Å². The number of aromatic amines is 1. The fourth-order valence-corrected chi connectivity index (χ4v) is 1.21. The highest BCUT2D eigenvalue weighted by Crippen LogP contribution is 1.88. The maximum atomic E-state index is 11.5. The zero-order valence-corrected chi connectivity index (χ0v) is 9.29. The van der Waals surface area contributed by atoms with Crippen molar-refractivity contribution in [2.24, 2.45) is 0 Å². The number of amides is 1. The summed E-state index contributed by atoms with van der Waals surface area (Å²) >= 11 is 0. The zero-order chi connectivity index (χ0) is 11.8. The van der Waals surface area contributed by atoms with E-state index >= 15 is 0 Å². The molecule has 5 nitrogen and oxygen atoms in total. The summed E-state index contributed by atoms with van der Waals surface area (Å²) in [6, 6.07) is 1.33. The van der Waals surface area contributed by atoms with Crippen molar-refractivity contribution >= 4 is 5.91 Å². The maximum Gasteiger partial charge on any atom is 0.256 e. The third kappa shape index (κ3) is 3.86. The minimum atomic E-state index is -0.349. The summed E-state index contributed by atoms with van der Waals surface area (Å²) in [5.74, 6) is -0.349. The first-order valence-corrected chi connectivity index (χ1v) is 5.28. The normalized spacial score (nSPS) is 10.1. The summed E-state index contributed by atoms with van der Waals surface area (Å²) in [5, 5.41) is 2.66. The molecule has 0 aliphatic carbocycles. The molecule has 1 amide bonds. The first-order chi connectivity index (χ1) is 7.75. The van der Waals surface area contributed by atoms with E-state index < -0.39 is 0 Å². The topological polar surface area (TPSA) is 71.2 Å². The van der Waals surface area contributed by atoms with Crippen LogP contribution in [-0.2, 0) is 4.74 Å². The molecule has 16 heavy (non-hydrogen) atoms. The summed E-state index contributed by atoms with van der Waals surface area (Å²) in [6.07, 6.45) is 3.64. The van der Waals surface area contributed by atoms with E-state index in [-0.39, 0.29) is 16.9 Å². The van der Waals surface area contributed by atoms with E-state index in [2.05, 4.69) is 10.3 Å². The quantitative estimate of drug-likeness (QED) is 0.692. The standard InChI is InChI=1S/C11H16N2O3/c1-2-16-7-3-5-13-11(15)9-8-12-6-4-10(9)14/h4,6,8H,2-3,5,7H2,1H3,(H,12,14)(H,13,15). The Bertz CT molecular complexity index is 387. The van der Waals surface area contributed by atoms with E-state index in [4.69, 9.17) is 4.74 Å². The van der Waals surface area contributed by atoms with E-state index in [0.717, 1.165) is 6.42 Å². The van der Waals surface area contributed by atoms with Gasteiger partial charge in [-0.05, 0) is 13.3 Å². The van der Waals surface area contributed by atoms with Crippen molar-refractivity contribution in [2.45, 2.75) is 13.3 Å². The summed E-state index contributed by atoms with van der Waals surface area (Å²) in [6.45, 7) is 3.71. The molecule has 0 aliphatic rings. The van der Waals surface area contributed by atoms with Crippen LogP contribution in [0.1, 0.15) is 23.7 Å². The van der Waals surface area contributed by atoms with E-state index in [1.807, 2.05) is 6.92 Å². The van der Waals surface area contributed by atoms with Gasteiger partial charge in [0.25, 0.3) is 5.91 Å². The van der Waals surface area contributed by atoms with Crippen LogP contribution >= 0.6 is 0 Å². The summed E-state index contributed by atoms with van der Waals surface area (Å²) < 4.78 is 5.13. The van der Waals surface area contributed by atoms with Crippen molar-refractivity contribution in [1.82, 2.24) is 10.3 Å². The second-order valence-electron chi connectivity index (χ2n) is 3.23. The van der Waals surface area contributed by atoms with Crippen molar-refractivity contribution < 1.29 is 9.53 Å². The number of pyridine rings is 1. The summed E-state index contributed by atoms with van der Waals surface area (Å²) in [4.78, 5) is 25.5. The molecule has 0 bridgehead atoms. The summed E-state index contributed by atoms with van der Waals surface area (Å²) in [5.41, 5.74) is -0.139. The number of nitrogens with one attached hydrogen (secondary N) is 2. The molecule has 0 radical (unpaired) electrons. The highest BCUT2D eigenvalue weighted by atomic mass is 16.5. The highest BCUT2D eigenvalue weighted by molar-refractivity contribution is 5.93. The largest absolute Gasteiger partial charge is 0.382 e. The van der Waals surface area contributed by atoms with Crippen molar-refractivity contribution in [1.29, 1.82) is 0 Å². The first kappa shape index (κ1) is 12.4. The molecule has 1 aromatic rings. The van der Waals surface area contributed by atoms with E-state index in [0.29, 0.717) is 19.8 Å². The van der Waals surface area contributed by atoms with Gasteiger partial charge in [0.15, 0.2) is 5.43 Å². The van der Waals surface area contributed by atoms with Gasteiger partial charge in [-0.1, -0.05) is 0 Å². The Balaban J connectivity index is 2.36. The van der Waals surface area contributed by atoms with Gasteiger partial charge in [0.05, 0.1) is 0 Å². The lowest BCUT2D eigenvalue weighted by Gasteiger charge is -2.04. The molecule has 0 aromatic carbocycles. The average molecular weight is 224 g/mol. The van der Waals surface area contributed by atoms with Crippen LogP contribution in [-0.4, -0.2) is 30.6 Å². The van der Waals surface area contributed by atoms with Gasteiger partial charge < -0.3 is 15.0 Å². The Morgan fingerprint density at radius 3 is 3.06 bits per heavy atom. The molecule has 0 atom stereocenters. The Hall–Kier alpha value is -1.62. The van der Waals surface area contributed by atoms with Gasteiger partial charge in [0, 0.05) is 38.2 Å². The smallest absolute Gasteiger partial charge is 0.256 e. The predicted octanol–water partition coefficient (Wildman–Crippen LogP) is 0.531. The van der Waals surface area contributed by atoms with Gasteiger partial charge in [-0.25, -0.2) is 0 Å². The van der Waals surface area contributed by atoms with Crippen LogP contribution in [0.2, 0.25) is 0 Å². The molecule has 0 saturated heterocycles. The van der Waals surface area contributed by atoms with Crippen molar-refractivity contribution in [3.8, 4) is 0 Å². The van der Waals surface area contributed by atoms with E-state index in [1.54, 1.807) is 0 Å². The Kier molecular flexibility index (Phi) is 5.28. The van der Waals surface area contributed by atoms with Crippen LogP contribution in [0.25, 0.3) is 0 Å². The molecule has 5 heteroatoms. The van der Waals surface area contributed by atoms with Gasteiger partial charge >= 0.3 is 0 Å². The molecule has 1 rings (SSSR count). The average Bonchev–Trinajstić information content (AvgIpc) is 2.29. The second-order valence-corrected chi connectivity index (χ2v) is 3.23. The van der Waals surface area contributed by atoms with Gasteiger partial charge in [-0.3, -0.25) is 9.59 Å². The summed E-state index contributed by atoms with van der Waals surface area (Å²) in [7, 11) is 0. The van der Waals surface area contributed by atoms with Crippen LogP contribution < -0.4 is 10.7 Å². The third-order valence-corrected chi connectivity index (χ3v) is 2.02. The van der Waals surface area contributed by atoms with Gasteiger partial charge in [-0.15, -0.1) is 0 Å². The minimum absolute atomic E-state index is 0.138. The number of carbonyl (C=O) groups excluding carboxylic acids is 1. The van der Waals surface area contributed by atoms with Crippen molar-refractivity contribution in [3.05, 3.63) is 34.2 Å². The Morgan fingerprint density at radius 1 is 1.56 bits per heavy atom. The fraction of sp³-hybridized carbons (Fsp3) is 0.455. The molecule has 0 spiro atoms. The maximum absolute atomic E-state index is 11.5. The van der Waals surface area contributed by atoms with Crippen molar-refractivity contribution in [3.63, 3.8) is 0 Å². The molecule has 0 fully saturated rings.